The summed E-state index contributed by atoms with van der Waals surface area (Å²) in [7, 11) is 0. The second kappa shape index (κ2) is 7.36. The Morgan fingerprint density at radius 3 is 2.42 bits per heavy atom. The van der Waals surface area contributed by atoms with E-state index in [0.29, 0.717) is 59.8 Å². The maximum Gasteiger partial charge on any atom is 0.300 e. The minimum Gasteiger partial charge on any atom is -0.422 e. The van der Waals surface area contributed by atoms with Crippen LogP contribution in [0.3, 0.4) is 0 Å². The van der Waals surface area contributed by atoms with Crippen LogP contribution in [0.25, 0.3) is 16.9 Å². The number of carbonyl (C=O) groups is 1. The number of oxazole rings is 1. The minimum absolute atomic E-state index is 0.00657. The second-order valence-corrected chi connectivity index (χ2v) is 9.40. The third-order valence-corrected chi connectivity index (χ3v) is 7.15. The molecule has 3 aromatic rings. The summed E-state index contributed by atoms with van der Waals surface area (Å²) in [5, 5.41) is 2.13. The van der Waals surface area contributed by atoms with Gasteiger partial charge in [0, 0.05) is 37.9 Å². The van der Waals surface area contributed by atoms with Crippen molar-refractivity contribution in [1.29, 1.82) is 0 Å². The van der Waals surface area contributed by atoms with Gasteiger partial charge in [-0.3, -0.25) is 4.79 Å². The van der Waals surface area contributed by atoms with Crippen molar-refractivity contribution in [3.63, 3.8) is 0 Å². The van der Waals surface area contributed by atoms with Gasteiger partial charge in [-0.2, -0.15) is 4.98 Å². The number of carbonyl (C=O) groups excluding carboxylic acids is 1. The molecule has 3 heterocycles. The number of halogens is 1. The van der Waals surface area contributed by atoms with Crippen molar-refractivity contribution in [2.45, 2.75) is 18.4 Å². The summed E-state index contributed by atoms with van der Waals surface area (Å²) in [6, 6.07) is 11.3. The van der Waals surface area contributed by atoms with Crippen LogP contribution in [0.2, 0.25) is 5.15 Å². The molecule has 9 nitrogen and oxygen atoms in total. The van der Waals surface area contributed by atoms with Crippen molar-refractivity contribution < 1.29 is 9.21 Å². The zero-order valence-corrected chi connectivity index (χ0v) is 18.7. The van der Waals surface area contributed by atoms with Crippen molar-refractivity contribution in [3.05, 3.63) is 58.9 Å². The molecule has 3 fully saturated rings. The Morgan fingerprint density at radius 2 is 1.76 bits per heavy atom. The third-order valence-electron chi connectivity index (χ3n) is 6.94. The van der Waals surface area contributed by atoms with E-state index in [0.717, 1.165) is 24.3 Å². The number of hydrogen-bond acceptors (Lipinski definition) is 8. The number of piperazine rings is 1. The minimum atomic E-state index is -0.00657. The molecule has 170 valence electrons. The van der Waals surface area contributed by atoms with Crippen LogP contribution in [0.5, 0.6) is 0 Å². The maximum atomic E-state index is 13.0. The molecule has 3 aliphatic rings. The lowest BCUT2D eigenvalue weighted by Gasteiger charge is -2.33. The quantitative estimate of drug-likeness (QED) is 0.335. The molecule has 1 saturated heterocycles. The van der Waals surface area contributed by atoms with Crippen LogP contribution in [-0.2, 0) is 0 Å². The van der Waals surface area contributed by atoms with Gasteiger partial charge in [-0.15, -0.1) is 0 Å². The van der Waals surface area contributed by atoms with E-state index in [1.165, 1.54) is 0 Å². The molecule has 1 aliphatic heterocycles. The normalized spacial score (nSPS) is 24.1. The summed E-state index contributed by atoms with van der Waals surface area (Å²) >= 11 is 5.93. The molecule has 1 amide bonds. The first-order chi connectivity index (χ1) is 15.9. The Hall–Kier alpha value is -3.30. The van der Waals surface area contributed by atoms with Gasteiger partial charge in [-0.25, -0.2) is 10.8 Å². The molecule has 4 N–H and O–H groups in total. The van der Waals surface area contributed by atoms with Crippen molar-refractivity contribution in [2.75, 3.05) is 31.1 Å². The fourth-order valence-electron chi connectivity index (χ4n) is 4.46. The highest BCUT2D eigenvalue weighted by atomic mass is 35.5. The van der Waals surface area contributed by atoms with Gasteiger partial charge in [0.2, 0.25) is 5.65 Å². The lowest BCUT2D eigenvalue weighted by Crippen LogP contribution is -2.48. The zero-order chi connectivity index (χ0) is 22.7. The number of amides is 1. The summed E-state index contributed by atoms with van der Waals surface area (Å²) in [5.41, 5.74) is 9.56. The number of fused-ring (bicyclic) bond motifs is 2. The van der Waals surface area contributed by atoms with Crippen LogP contribution in [0, 0.1) is 5.92 Å². The van der Waals surface area contributed by atoms with Gasteiger partial charge >= 0.3 is 0 Å². The highest BCUT2D eigenvalue weighted by molar-refractivity contribution is 6.29. The average Bonchev–Trinajstić information content (AvgIpc) is 3.67. The SMILES string of the molecule is N/C(=C\N(N)C12CC1C2)c1ccc(C(=O)N2CCN(c3nc4nc(Cl)ccc4o3)CC2)cc1. The van der Waals surface area contributed by atoms with E-state index in [9.17, 15) is 4.79 Å². The number of nitrogens with two attached hydrogens (primary N) is 2. The summed E-state index contributed by atoms with van der Waals surface area (Å²) < 4.78 is 5.79. The number of rotatable bonds is 5. The molecule has 0 unspecified atom stereocenters. The Morgan fingerprint density at radius 1 is 1.09 bits per heavy atom. The van der Waals surface area contributed by atoms with Gasteiger partial charge < -0.3 is 25.0 Å². The van der Waals surface area contributed by atoms with E-state index in [1.54, 1.807) is 23.3 Å². The van der Waals surface area contributed by atoms with Gasteiger partial charge in [0.05, 0.1) is 11.2 Å². The number of pyridine rings is 1. The fraction of sp³-hybridized carbons (Fsp3) is 0.348. The van der Waals surface area contributed by atoms with E-state index >= 15 is 0 Å². The van der Waals surface area contributed by atoms with E-state index in [1.807, 2.05) is 34.1 Å². The van der Waals surface area contributed by atoms with Crippen LogP contribution in [0.1, 0.15) is 28.8 Å². The number of aromatic nitrogens is 2. The largest absolute Gasteiger partial charge is 0.422 e. The molecular formula is C23H24ClN7O2. The van der Waals surface area contributed by atoms with Crippen molar-refractivity contribution in [2.24, 2.45) is 17.5 Å². The first kappa shape index (κ1) is 20.3. The molecule has 10 heteroatoms. The predicted molar refractivity (Wildman–Crippen MR) is 125 cm³/mol. The molecule has 1 aromatic carbocycles. The topological polar surface area (TPSA) is 118 Å². The third kappa shape index (κ3) is 3.57. The Kier molecular flexibility index (Phi) is 4.53. The van der Waals surface area contributed by atoms with Crippen LogP contribution in [0.15, 0.2) is 47.0 Å². The number of benzene rings is 1. The average molecular weight is 466 g/mol. The summed E-state index contributed by atoms with van der Waals surface area (Å²) in [6.07, 6.45) is 4.12. The molecule has 0 radical (unpaired) electrons. The van der Waals surface area contributed by atoms with Crippen molar-refractivity contribution >= 4 is 40.5 Å². The first-order valence-electron chi connectivity index (χ1n) is 11.0. The smallest absolute Gasteiger partial charge is 0.300 e. The fourth-order valence-corrected chi connectivity index (χ4v) is 4.60. The molecule has 6 rings (SSSR count). The molecular weight excluding hydrogens is 442 g/mol. The Balaban J connectivity index is 1.08. The maximum absolute atomic E-state index is 13.0. The van der Waals surface area contributed by atoms with Gasteiger partial charge in [0.15, 0.2) is 5.58 Å². The van der Waals surface area contributed by atoms with E-state index in [2.05, 4.69) is 9.97 Å². The van der Waals surface area contributed by atoms with E-state index in [4.69, 9.17) is 27.6 Å². The lowest BCUT2D eigenvalue weighted by atomic mass is 10.1. The number of nitrogens with zero attached hydrogens (tertiary/aromatic N) is 5. The molecule has 2 saturated carbocycles. The molecule has 0 atom stereocenters. The van der Waals surface area contributed by atoms with Crippen LogP contribution in [0.4, 0.5) is 6.01 Å². The van der Waals surface area contributed by atoms with Gasteiger partial charge in [0.1, 0.15) is 5.15 Å². The Labute approximate surface area is 195 Å². The summed E-state index contributed by atoms with van der Waals surface area (Å²) in [5.74, 6) is 6.88. The first-order valence-corrected chi connectivity index (χ1v) is 11.4. The van der Waals surface area contributed by atoms with Gasteiger partial charge in [-0.1, -0.05) is 23.7 Å². The highest BCUT2D eigenvalue weighted by Crippen LogP contribution is 2.69. The number of anilines is 1. The van der Waals surface area contributed by atoms with Crippen LogP contribution < -0.4 is 16.5 Å². The predicted octanol–water partition coefficient (Wildman–Crippen LogP) is 2.43. The monoisotopic (exact) mass is 465 g/mol. The number of hydrazine groups is 1. The second-order valence-electron chi connectivity index (χ2n) is 9.01. The van der Waals surface area contributed by atoms with Crippen LogP contribution >= 0.6 is 11.6 Å². The zero-order valence-electron chi connectivity index (χ0n) is 17.9. The lowest BCUT2D eigenvalue weighted by molar-refractivity contribution is 0.0745. The van der Waals surface area contributed by atoms with Crippen LogP contribution in [-0.4, -0.2) is 57.5 Å². The van der Waals surface area contributed by atoms with Crippen molar-refractivity contribution in [1.82, 2.24) is 19.9 Å². The highest BCUT2D eigenvalue weighted by Gasteiger charge is 2.72. The molecule has 0 bridgehead atoms. The number of hydrogen-bond donors (Lipinski definition) is 2. The van der Waals surface area contributed by atoms with E-state index < -0.39 is 0 Å². The summed E-state index contributed by atoms with van der Waals surface area (Å²) in [4.78, 5) is 25.4. The summed E-state index contributed by atoms with van der Waals surface area (Å²) in [6.45, 7) is 2.38. The van der Waals surface area contributed by atoms with Crippen molar-refractivity contribution in [3.8, 4) is 0 Å². The van der Waals surface area contributed by atoms with Gasteiger partial charge in [-0.05, 0) is 48.6 Å². The Bertz CT molecular complexity index is 1260. The molecule has 2 aromatic heterocycles. The van der Waals surface area contributed by atoms with Gasteiger partial charge in [0.25, 0.3) is 11.9 Å². The molecule has 0 spiro atoms. The molecule has 33 heavy (non-hydrogen) atoms. The standard InChI is InChI=1S/C23H24ClN7O2/c24-19-6-5-18-20(27-19)28-22(33-18)30-9-7-29(8-10-30)21(32)15-3-1-14(2-4-15)17(25)13-31(26)23-11-16(23)12-23/h1-6,13,16H,7-12,25-26H2/b17-13-. The molecule has 2 aliphatic carbocycles. The van der Waals surface area contributed by atoms with E-state index in [-0.39, 0.29) is 11.4 Å².